The highest BCUT2D eigenvalue weighted by atomic mass is 16.6. The Morgan fingerprint density at radius 1 is 1.17 bits per heavy atom. The Hall–Kier alpha value is -5.03. The molecule has 2 aliphatic heterocycles. The minimum Gasteiger partial charge on any atom is -0.479 e. The molecule has 2 amide bonds. The van der Waals surface area contributed by atoms with Crippen LogP contribution in [0.1, 0.15) is 62.7 Å². The summed E-state index contributed by atoms with van der Waals surface area (Å²) in [7, 11) is 0. The highest BCUT2D eigenvalue weighted by Gasteiger charge is 2.40. The number of rotatable bonds is 7. The standard InChI is InChI=1S/C32H37N9O5/c1-20-28(21-13-26(29-22(14-33)15-35-40(29)18-21)45-27(19-42)25-7-5-6-10-34-25)36-37-41(20)24-8-11-38(12-9-24)30(43)23-16-39(17-23)31(44)46-32(2,3)4/h5-7,10,13,15,18,23-24,27,42H,8-9,11-12,16-17,19H2,1-4H3. The van der Waals surface area contributed by atoms with E-state index >= 15 is 0 Å². The van der Waals surface area contributed by atoms with E-state index in [0.29, 0.717) is 60.0 Å². The normalized spacial score (nSPS) is 16.6. The molecule has 6 rings (SSSR count). The second-order valence-corrected chi connectivity index (χ2v) is 12.7. The van der Waals surface area contributed by atoms with Crippen molar-refractivity contribution < 1.29 is 24.2 Å². The predicted molar refractivity (Wildman–Crippen MR) is 164 cm³/mol. The molecule has 0 radical (unpaired) electrons. The summed E-state index contributed by atoms with van der Waals surface area (Å²) < 4.78 is 15.1. The van der Waals surface area contributed by atoms with E-state index in [-0.39, 0.29) is 30.6 Å². The van der Waals surface area contributed by atoms with Crippen LogP contribution in [0.3, 0.4) is 0 Å². The number of hydrogen-bond acceptors (Lipinski definition) is 10. The maximum absolute atomic E-state index is 13.1. The van der Waals surface area contributed by atoms with Gasteiger partial charge in [0.1, 0.15) is 34.2 Å². The lowest BCUT2D eigenvalue weighted by Gasteiger charge is -2.42. The molecule has 0 bridgehead atoms. The van der Waals surface area contributed by atoms with E-state index in [1.54, 1.807) is 40.0 Å². The van der Waals surface area contributed by atoms with Crippen LogP contribution in [0.25, 0.3) is 16.8 Å². The van der Waals surface area contributed by atoms with Gasteiger partial charge in [-0.15, -0.1) is 5.10 Å². The van der Waals surface area contributed by atoms with Crippen molar-refractivity contribution in [2.75, 3.05) is 32.8 Å². The molecule has 0 aromatic carbocycles. The monoisotopic (exact) mass is 627 g/mol. The molecule has 14 nitrogen and oxygen atoms in total. The summed E-state index contributed by atoms with van der Waals surface area (Å²) in [6.45, 7) is 9.04. The lowest BCUT2D eigenvalue weighted by Crippen LogP contribution is -2.58. The van der Waals surface area contributed by atoms with Crippen molar-refractivity contribution in [1.29, 1.82) is 5.26 Å². The topological polar surface area (TPSA) is 164 Å². The van der Waals surface area contributed by atoms with E-state index in [4.69, 9.17) is 9.47 Å². The Morgan fingerprint density at radius 3 is 2.59 bits per heavy atom. The number of pyridine rings is 2. The van der Waals surface area contributed by atoms with Crippen LogP contribution in [0.5, 0.6) is 5.75 Å². The minimum absolute atomic E-state index is 0.0576. The third kappa shape index (κ3) is 6.10. The van der Waals surface area contributed by atoms with E-state index < -0.39 is 11.7 Å². The van der Waals surface area contributed by atoms with Crippen molar-refractivity contribution in [2.45, 2.75) is 58.3 Å². The van der Waals surface area contributed by atoms with Gasteiger partial charge in [0.05, 0.1) is 36.2 Å². The lowest BCUT2D eigenvalue weighted by atomic mass is 9.96. The highest BCUT2D eigenvalue weighted by Crippen LogP contribution is 2.35. The second-order valence-electron chi connectivity index (χ2n) is 12.7. The number of piperidine rings is 1. The number of ether oxygens (including phenoxy) is 2. The number of nitrogens with zero attached hydrogens (tertiary/aromatic N) is 9. The van der Waals surface area contributed by atoms with Gasteiger partial charge < -0.3 is 24.4 Å². The SMILES string of the molecule is Cc1c(-c2cc(OC(CO)c3ccccn3)c3c(C#N)cnn3c2)nnn1C1CCN(C(=O)C2CN(C(=O)OC(C)(C)C)C2)CC1. The average Bonchev–Trinajstić information content (AvgIpc) is 3.61. The Balaban J connectivity index is 1.15. The van der Waals surface area contributed by atoms with Gasteiger partial charge >= 0.3 is 6.09 Å². The third-order valence-electron chi connectivity index (χ3n) is 8.36. The molecule has 6 heterocycles. The van der Waals surface area contributed by atoms with Crippen molar-refractivity contribution in [3.05, 3.63) is 59.8 Å². The van der Waals surface area contributed by atoms with Gasteiger partial charge in [-0.25, -0.2) is 14.0 Å². The summed E-state index contributed by atoms with van der Waals surface area (Å²) in [5, 5.41) is 33.2. The molecule has 0 aliphatic carbocycles. The van der Waals surface area contributed by atoms with Crippen molar-refractivity contribution in [3.63, 3.8) is 0 Å². The van der Waals surface area contributed by atoms with E-state index in [0.717, 1.165) is 18.5 Å². The fourth-order valence-electron chi connectivity index (χ4n) is 5.95. The maximum Gasteiger partial charge on any atom is 0.410 e. The molecule has 1 N–H and O–H groups in total. The Bertz CT molecular complexity index is 1770. The van der Waals surface area contributed by atoms with Gasteiger partial charge in [0.2, 0.25) is 5.91 Å². The van der Waals surface area contributed by atoms with Crippen LogP contribution < -0.4 is 4.74 Å². The average molecular weight is 628 g/mol. The first-order valence-electron chi connectivity index (χ1n) is 15.3. The summed E-state index contributed by atoms with van der Waals surface area (Å²) in [6, 6.07) is 9.36. The van der Waals surface area contributed by atoms with Gasteiger partial charge in [-0.2, -0.15) is 10.4 Å². The fraction of sp³-hybridized carbons (Fsp3) is 0.469. The zero-order valence-corrected chi connectivity index (χ0v) is 26.3. The first-order chi connectivity index (χ1) is 22.1. The molecule has 1 atom stereocenters. The predicted octanol–water partition coefficient (Wildman–Crippen LogP) is 3.31. The number of aliphatic hydroxyl groups excluding tert-OH is 1. The Morgan fingerprint density at radius 2 is 1.93 bits per heavy atom. The van der Waals surface area contributed by atoms with E-state index in [2.05, 4.69) is 26.5 Å². The van der Waals surface area contributed by atoms with Crippen molar-refractivity contribution >= 4 is 17.5 Å². The number of amides is 2. The number of aliphatic hydroxyl groups is 1. The summed E-state index contributed by atoms with van der Waals surface area (Å²) in [4.78, 5) is 33.2. The molecule has 0 spiro atoms. The summed E-state index contributed by atoms with van der Waals surface area (Å²) in [6.07, 6.45) is 5.17. The second kappa shape index (κ2) is 12.4. The minimum atomic E-state index is -0.758. The van der Waals surface area contributed by atoms with E-state index in [1.165, 1.54) is 6.20 Å². The molecule has 46 heavy (non-hydrogen) atoms. The highest BCUT2D eigenvalue weighted by molar-refractivity contribution is 5.83. The first kappa shape index (κ1) is 31.0. The van der Waals surface area contributed by atoms with Gasteiger partial charge in [-0.3, -0.25) is 9.78 Å². The fourth-order valence-corrected chi connectivity index (χ4v) is 5.95. The van der Waals surface area contributed by atoms with Crippen LogP contribution in [0.4, 0.5) is 4.79 Å². The number of likely N-dealkylation sites (tertiary alicyclic amines) is 2. The van der Waals surface area contributed by atoms with Crippen LogP contribution >= 0.6 is 0 Å². The molecule has 2 saturated heterocycles. The van der Waals surface area contributed by atoms with E-state index in [1.807, 2.05) is 43.3 Å². The number of carbonyl (C=O) groups is 2. The summed E-state index contributed by atoms with van der Waals surface area (Å²) in [5.74, 6) is 0.221. The summed E-state index contributed by atoms with van der Waals surface area (Å²) >= 11 is 0. The van der Waals surface area contributed by atoms with E-state index in [9.17, 15) is 20.0 Å². The number of nitriles is 1. The van der Waals surface area contributed by atoms with Gasteiger partial charge in [-0.05, 0) is 58.7 Å². The first-order valence-corrected chi connectivity index (χ1v) is 15.3. The summed E-state index contributed by atoms with van der Waals surface area (Å²) in [5.41, 5.74) is 2.95. The number of carbonyl (C=O) groups excluding carboxylic acids is 2. The molecule has 2 fully saturated rings. The largest absolute Gasteiger partial charge is 0.479 e. The third-order valence-corrected chi connectivity index (χ3v) is 8.36. The zero-order valence-electron chi connectivity index (χ0n) is 26.3. The molecule has 240 valence electrons. The van der Waals surface area contributed by atoms with Crippen LogP contribution in [-0.4, -0.2) is 94.9 Å². The molecule has 0 saturated carbocycles. The quantitative estimate of drug-likeness (QED) is 0.321. The molecular weight excluding hydrogens is 590 g/mol. The number of hydrogen-bond donors (Lipinski definition) is 1. The molecule has 4 aromatic rings. The van der Waals surface area contributed by atoms with Crippen LogP contribution in [0.2, 0.25) is 0 Å². The zero-order chi connectivity index (χ0) is 32.6. The van der Waals surface area contributed by atoms with Crippen LogP contribution in [-0.2, 0) is 9.53 Å². The molecule has 14 heteroatoms. The van der Waals surface area contributed by atoms with Gasteiger partial charge in [0.15, 0.2) is 6.10 Å². The van der Waals surface area contributed by atoms with Crippen LogP contribution in [0.15, 0.2) is 42.9 Å². The lowest BCUT2D eigenvalue weighted by molar-refractivity contribution is -0.141. The van der Waals surface area contributed by atoms with Crippen molar-refractivity contribution in [3.8, 4) is 23.1 Å². The smallest absolute Gasteiger partial charge is 0.410 e. The van der Waals surface area contributed by atoms with Crippen molar-refractivity contribution in [2.24, 2.45) is 5.92 Å². The molecule has 2 aliphatic rings. The van der Waals surface area contributed by atoms with Crippen LogP contribution in [0, 0.1) is 24.2 Å². The van der Waals surface area contributed by atoms with Gasteiger partial charge in [-0.1, -0.05) is 11.3 Å². The van der Waals surface area contributed by atoms with Gasteiger partial charge in [0.25, 0.3) is 0 Å². The number of fused-ring (bicyclic) bond motifs is 1. The van der Waals surface area contributed by atoms with Gasteiger partial charge in [0, 0.05) is 44.1 Å². The Kier molecular flexibility index (Phi) is 8.35. The number of aromatic nitrogens is 6. The Labute approximate surface area is 266 Å². The van der Waals surface area contributed by atoms with Crippen molar-refractivity contribution in [1.82, 2.24) is 39.4 Å². The molecular formula is C32H37N9O5. The molecule has 1 unspecified atom stereocenters. The maximum atomic E-state index is 13.1. The molecule has 4 aromatic heterocycles.